The molecule has 1 aliphatic heterocycles. The Morgan fingerprint density at radius 1 is 0.935 bits per heavy atom. The van der Waals surface area contributed by atoms with Crippen LogP contribution in [0.1, 0.15) is 11.6 Å². The molecule has 0 radical (unpaired) electrons. The highest BCUT2D eigenvalue weighted by Crippen LogP contribution is 2.40. The van der Waals surface area contributed by atoms with Crippen LogP contribution in [-0.2, 0) is 4.74 Å². The first kappa shape index (κ1) is 20.6. The Labute approximate surface area is 176 Å². The largest absolute Gasteiger partial charge is 0.508 e. The Kier molecular flexibility index (Phi) is 5.70. The van der Waals surface area contributed by atoms with Gasteiger partial charge >= 0.3 is 6.09 Å². The number of phenolic OH excluding ortho intramolecular Hbond substituents is 1. The first-order valence-electron chi connectivity index (χ1n) is 9.49. The molecule has 1 aliphatic rings. The molecule has 160 valence electrons. The van der Waals surface area contributed by atoms with Crippen molar-refractivity contribution < 1.29 is 32.5 Å². The molecule has 31 heavy (non-hydrogen) atoms. The second kappa shape index (κ2) is 8.59. The van der Waals surface area contributed by atoms with Gasteiger partial charge in [0.1, 0.15) is 35.8 Å². The number of alkyl halides is 1. The number of ether oxygens (including phenoxy) is 2. The highest BCUT2D eigenvalue weighted by atomic mass is 19.1. The average Bonchev–Trinajstić information content (AvgIpc) is 3.11. The van der Waals surface area contributed by atoms with E-state index in [1.54, 1.807) is 12.1 Å². The molecule has 1 heterocycles. The summed E-state index contributed by atoms with van der Waals surface area (Å²) < 4.78 is 52.3. The summed E-state index contributed by atoms with van der Waals surface area (Å²) in [5.74, 6) is -0.651. The average molecular weight is 429 g/mol. The van der Waals surface area contributed by atoms with Crippen molar-refractivity contribution in [1.82, 2.24) is 0 Å². The number of aromatic hydroxyl groups is 1. The van der Waals surface area contributed by atoms with E-state index in [0.29, 0.717) is 11.3 Å². The van der Waals surface area contributed by atoms with E-state index in [2.05, 4.69) is 0 Å². The fraction of sp³-hybridized carbons (Fsp3) is 0.174. The van der Waals surface area contributed by atoms with Gasteiger partial charge in [0, 0.05) is 5.69 Å². The van der Waals surface area contributed by atoms with E-state index < -0.39 is 42.7 Å². The van der Waals surface area contributed by atoms with Crippen molar-refractivity contribution in [3.63, 3.8) is 0 Å². The van der Waals surface area contributed by atoms with Gasteiger partial charge in [0.2, 0.25) is 0 Å². The van der Waals surface area contributed by atoms with Crippen molar-refractivity contribution >= 4 is 11.8 Å². The number of hydrogen-bond acceptors (Lipinski definition) is 4. The number of halogens is 3. The lowest BCUT2D eigenvalue weighted by Crippen LogP contribution is -2.36. The number of cyclic esters (lactones) is 1. The molecule has 0 aromatic heterocycles. The van der Waals surface area contributed by atoms with Gasteiger partial charge in [-0.1, -0.05) is 12.1 Å². The standard InChI is InChI=1S/C23H18F3NO4/c24-15-3-7-17(8-4-15)27-21(14-1-9-18(28)10-2-14)22(31-23(27)29)20(26)13-30-19-11-5-16(25)6-12-19/h1-12,20-22,28H,13H2/t20-,21+,22?/m0/s1. The normalized spacial score (nSPS) is 19.2. The topological polar surface area (TPSA) is 59.0 Å². The van der Waals surface area contributed by atoms with Crippen LogP contribution in [0.2, 0.25) is 0 Å². The fourth-order valence-electron chi connectivity index (χ4n) is 3.45. The molecule has 4 rings (SSSR count). The Balaban J connectivity index is 1.61. The van der Waals surface area contributed by atoms with E-state index in [1.165, 1.54) is 65.6 Å². The van der Waals surface area contributed by atoms with Crippen LogP contribution in [0.25, 0.3) is 0 Å². The predicted octanol–water partition coefficient (Wildman–Crippen LogP) is 5.15. The lowest BCUT2D eigenvalue weighted by atomic mass is 9.97. The monoisotopic (exact) mass is 429 g/mol. The zero-order valence-electron chi connectivity index (χ0n) is 16.1. The number of nitrogens with zero attached hydrogens (tertiary/aromatic N) is 1. The molecule has 0 saturated carbocycles. The van der Waals surface area contributed by atoms with Crippen LogP contribution in [-0.4, -0.2) is 30.1 Å². The lowest BCUT2D eigenvalue weighted by Gasteiger charge is -2.26. The van der Waals surface area contributed by atoms with Crippen molar-refractivity contribution in [2.45, 2.75) is 18.3 Å². The van der Waals surface area contributed by atoms with E-state index >= 15 is 4.39 Å². The van der Waals surface area contributed by atoms with Crippen LogP contribution in [0.4, 0.5) is 23.7 Å². The SMILES string of the molecule is O=C1OC([C@@H](F)COc2ccc(F)cc2)[C@@H](c2ccc(O)cc2)N1c1ccc(F)cc1. The highest BCUT2D eigenvalue weighted by molar-refractivity contribution is 5.91. The molecule has 1 unspecified atom stereocenters. The Bertz CT molecular complexity index is 1040. The van der Waals surface area contributed by atoms with Crippen LogP contribution in [0.5, 0.6) is 11.5 Å². The van der Waals surface area contributed by atoms with E-state index in [1.807, 2.05) is 0 Å². The van der Waals surface area contributed by atoms with Crippen molar-refractivity contribution in [1.29, 1.82) is 0 Å². The Morgan fingerprint density at radius 2 is 1.52 bits per heavy atom. The number of hydrogen-bond donors (Lipinski definition) is 1. The summed E-state index contributed by atoms with van der Waals surface area (Å²) in [5.41, 5.74) is 0.848. The number of carbonyl (C=O) groups is 1. The molecule has 3 atom stereocenters. The zero-order chi connectivity index (χ0) is 22.0. The van der Waals surface area contributed by atoms with E-state index in [0.717, 1.165) is 0 Å². The van der Waals surface area contributed by atoms with Gasteiger partial charge in [-0.3, -0.25) is 4.90 Å². The third-order valence-corrected chi connectivity index (χ3v) is 4.94. The van der Waals surface area contributed by atoms with Gasteiger partial charge in [-0.15, -0.1) is 0 Å². The predicted molar refractivity (Wildman–Crippen MR) is 107 cm³/mol. The fourth-order valence-corrected chi connectivity index (χ4v) is 3.45. The molecule has 0 aliphatic carbocycles. The van der Waals surface area contributed by atoms with Crippen LogP contribution in [0, 0.1) is 11.6 Å². The highest BCUT2D eigenvalue weighted by Gasteiger charge is 2.48. The molecule has 3 aromatic rings. The zero-order valence-corrected chi connectivity index (χ0v) is 16.1. The van der Waals surface area contributed by atoms with Crippen molar-refractivity contribution in [2.75, 3.05) is 11.5 Å². The van der Waals surface area contributed by atoms with Crippen molar-refractivity contribution in [3.8, 4) is 11.5 Å². The molecule has 1 fully saturated rings. The number of amides is 1. The second-order valence-electron chi connectivity index (χ2n) is 7.01. The molecular formula is C23H18F3NO4. The minimum atomic E-state index is -1.72. The first-order chi connectivity index (χ1) is 14.9. The minimum Gasteiger partial charge on any atom is -0.508 e. The number of anilines is 1. The number of rotatable bonds is 6. The molecular weight excluding hydrogens is 411 g/mol. The lowest BCUT2D eigenvalue weighted by molar-refractivity contribution is 0.0434. The summed E-state index contributed by atoms with van der Waals surface area (Å²) in [6, 6.07) is 15.3. The number of carbonyl (C=O) groups excluding carboxylic acids is 1. The first-order valence-corrected chi connectivity index (χ1v) is 9.49. The Morgan fingerprint density at radius 3 is 2.13 bits per heavy atom. The molecule has 0 bridgehead atoms. The summed E-state index contributed by atoms with van der Waals surface area (Å²) in [7, 11) is 0. The molecule has 5 nitrogen and oxygen atoms in total. The number of benzene rings is 3. The van der Waals surface area contributed by atoms with Crippen molar-refractivity contribution in [2.24, 2.45) is 0 Å². The third kappa shape index (κ3) is 4.42. The van der Waals surface area contributed by atoms with E-state index in [4.69, 9.17) is 9.47 Å². The van der Waals surface area contributed by atoms with Gasteiger partial charge in [0.15, 0.2) is 12.3 Å². The maximum atomic E-state index is 15.2. The molecule has 3 aromatic carbocycles. The molecule has 8 heteroatoms. The third-order valence-electron chi connectivity index (χ3n) is 4.94. The van der Waals surface area contributed by atoms with Gasteiger partial charge in [-0.2, -0.15) is 0 Å². The van der Waals surface area contributed by atoms with Gasteiger partial charge in [0.25, 0.3) is 0 Å². The molecule has 1 N–H and O–H groups in total. The van der Waals surface area contributed by atoms with Gasteiger partial charge in [-0.25, -0.2) is 18.0 Å². The maximum absolute atomic E-state index is 15.2. The van der Waals surface area contributed by atoms with E-state index in [9.17, 15) is 18.7 Å². The quantitative estimate of drug-likeness (QED) is 0.589. The second-order valence-corrected chi connectivity index (χ2v) is 7.01. The summed E-state index contributed by atoms with van der Waals surface area (Å²) in [6.07, 6.45) is -3.75. The van der Waals surface area contributed by atoms with Crippen LogP contribution < -0.4 is 9.64 Å². The summed E-state index contributed by atoms with van der Waals surface area (Å²) in [6.45, 7) is -0.435. The molecule has 1 amide bonds. The minimum absolute atomic E-state index is 0.00955. The molecule has 1 saturated heterocycles. The van der Waals surface area contributed by atoms with Crippen LogP contribution >= 0.6 is 0 Å². The Hall–Kier alpha value is -3.68. The van der Waals surface area contributed by atoms with E-state index in [-0.39, 0.29) is 11.5 Å². The van der Waals surface area contributed by atoms with Gasteiger partial charge in [-0.05, 0) is 66.2 Å². The van der Waals surface area contributed by atoms with Crippen LogP contribution in [0.3, 0.4) is 0 Å². The van der Waals surface area contributed by atoms with Gasteiger partial charge < -0.3 is 14.6 Å². The smallest absolute Gasteiger partial charge is 0.415 e. The van der Waals surface area contributed by atoms with Crippen LogP contribution in [0.15, 0.2) is 72.8 Å². The number of phenols is 1. The summed E-state index contributed by atoms with van der Waals surface area (Å²) in [4.78, 5) is 13.9. The molecule has 0 spiro atoms. The summed E-state index contributed by atoms with van der Waals surface area (Å²) >= 11 is 0. The summed E-state index contributed by atoms with van der Waals surface area (Å²) in [5, 5.41) is 9.60. The van der Waals surface area contributed by atoms with Gasteiger partial charge in [0.05, 0.1) is 0 Å². The van der Waals surface area contributed by atoms with Crippen molar-refractivity contribution in [3.05, 3.63) is 90.0 Å². The maximum Gasteiger partial charge on any atom is 0.415 e.